The van der Waals surface area contributed by atoms with E-state index in [0.717, 1.165) is 17.8 Å². The van der Waals surface area contributed by atoms with Crippen LogP contribution in [0, 0.1) is 28.6 Å². The van der Waals surface area contributed by atoms with Crippen molar-refractivity contribution in [1.82, 2.24) is 0 Å². The van der Waals surface area contributed by atoms with Gasteiger partial charge in [0.15, 0.2) is 0 Å². The van der Waals surface area contributed by atoms with Crippen LogP contribution in [0.2, 0.25) is 0 Å². The molecule has 0 saturated heterocycles. The number of rotatable bonds is 3. The molecule has 3 aliphatic carbocycles. The Labute approximate surface area is 147 Å². The lowest BCUT2D eigenvalue weighted by Gasteiger charge is -2.53. The van der Waals surface area contributed by atoms with Crippen molar-refractivity contribution in [2.24, 2.45) is 28.6 Å². The van der Waals surface area contributed by atoms with Gasteiger partial charge in [-0.1, -0.05) is 65.2 Å². The summed E-state index contributed by atoms with van der Waals surface area (Å²) in [5.41, 5.74) is 2.86. The Balaban J connectivity index is 0.000000925. The standard InChI is InChI=1S/C21H34.C2H6.H2/c1-5-12-21(4)13-7-8-18-17-11-14-20(3,6-2)15-16(17)9-10-19(18)21;1-2;/h6,11,16,18-19H,2,5,7-10,12-15H2,1,3-4H3;1-2H3;1H/t16?,18?,19?,20-,21+;;/m0../s1. The topological polar surface area (TPSA) is 0 Å². The number of hydrogen-bond donors (Lipinski definition) is 0. The fraction of sp³-hybridized carbons (Fsp3) is 0.826. The maximum atomic E-state index is 4.09. The fourth-order valence-electron chi connectivity index (χ4n) is 5.98. The molecule has 2 fully saturated rings. The van der Waals surface area contributed by atoms with Crippen LogP contribution in [0.1, 0.15) is 93.8 Å². The molecule has 0 N–H and O–H groups in total. The summed E-state index contributed by atoms with van der Waals surface area (Å²) in [6.07, 6.45) is 17.6. The molecule has 0 aliphatic heterocycles. The second-order valence-corrected chi connectivity index (χ2v) is 8.75. The highest BCUT2D eigenvalue weighted by Crippen LogP contribution is 2.58. The van der Waals surface area contributed by atoms with Crippen LogP contribution >= 0.6 is 0 Å². The van der Waals surface area contributed by atoms with Gasteiger partial charge >= 0.3 is 0 Å². The highest BCUT2D eigenvalue weighted by atomic mass is 14.5. The third-order valence-electron chi connectivity index (χ3n) is 7.20. The summed E-state index contributed by atoms with van der Waals surface area (Å²) in [6.45, 7) is 15.5. The first-order chi connectivity index (χ1) is 11.0. The summed E-state index contributed by atoms with van der Waals surface area (Å²) in [7, 11) is 0. The Bertz CT molecular complexity index is 433. The summed E-state index contributed by atoms with van der Waals surface area (Å²) >= 11 is 0. The maximum Gasteiger partial charge on any atom is 0 e. The van der Waals surface area contributed by atoms with Crippen LogP contribution in [0.5, 0.6) is 0 Å². The Kier molecular flexibility index (Phi) is 6.20. The Morgan fingerprint density at radius 3 is 2.65 bits per heavy atom. The lowest BCUT2D eigenvalue weighted by molar-refractivity contribution is 0.0254. The summed E-state index contributed by atoms with van der Waals surface area (Å²) in [6, 6.07) is 0. The molecule has 0 heterocycles. The van der Waals surface area contributed by atoms with Gasteiger partial charge in [0.2, 0.25) is 0 Å². The van der Waals surface area contributed by atoms with E-state index in [4.69, 9.17) is 0 Å². The van der Waals surface area contributed by atoms with Crippen LogP contribution in [0.4, 0.5) is 0 Å². The van der Waals surface area contributed by atoms with E-state index >= 15 is 0 Å². The molecule has 0 amide bonds. The minimum absolute atomic E-state index is 0. The van der Waals surface area contributed by atoms with Gasteiger partial charge in [0.25, 0.3) is 0 Å². The van der Waals surface area contributed by atoms with Crippen LogP contribution in [0.15, 0.2) is 24.3 Å². The van der Waals surface area contributed by atoms with Crippen molar-refractivity contribution in [1.29, 1.82) is 0 Å². The Morgan fingerprint density at radius 1 is 1.26 bits per heavy atom. The van der Waals surface area contributed by atoms with E-state index < -0.39 is 0 Å². The Hall–Kier alpha value is -0.520. The lowest BCUT2D eigenvalue weighted by atomic mass is 9.51. The van der Waals surface area contributed by atoms with Gasteiger partial charge in [-0.25, -0.2) is 0 Å². The van der Waals surface area contributed by atoms with Gasteiger partial charge < -0.3 is 0 Å². The molecule has 134 valence electrons. The third kappa shape index (κ3) is 3.62. The zero-order valence-electron chi connectivity index (χ0n) is 16.5. The molecule has 0 radical (unpaired) electrons. The van der Waals surface area contributed by atoms with E-state index in [2.05, 4.69) is 39.5 Å². The van der Waals surface area contributed by atoms with E-state index in [1.54, 1.807) is 0 Å². The van der Waals surface area contributed by atoms with E-state index in [1.807, 2.05) is 19.4 Å². The highest BCUT2D eigenvalue weighted by molar-refractivity contribution is 5.23. The minimum Gasteiger partial charge on any atom is -0.103 e. The van der Waals surface area contributed by atoms with E-state index in [9.17, 15) is 0 Å². The van der Waals surface area contributed by atoms with Gasteiger partial charge in [-0.05, 0) is 73.5 Å². The monoisotopic (exact) mass is 318 g/mol. The van der Waals surface area contributed by atoms with Gasteiger partial charge in [-0.2, -0.15) is 0 Å². The molecule has 23 heavy (non-hydrogen) atoms. The summed E-state index contributed by atoms with van der Waals surface area (Å²) < 4.78 is 0. The molecule has 0 heteroatoms. The maximum absolute atomic E-state index is 4.09. The first kappa shape index (κ1) is 18.8. The number of hydrogen-bond acceptors (Lipinski definition) is 0. The molecule has 0 aromatic heterocycles. The summed E-state index contributed by atoms with van der Waals surface area (Å²) in [5.74, 6) is 2.76. The predicted molar refractivity (Wildman–Crippen MR) is 106 cm³/mol. The molecular weight excluding hydrogens is 276 g/mol. The van der Waals surface area contributed by atoms with Gasteiger partial charge in [0.1, 0.15) is 0 Å². The smallest absolute Gasteiger partial charge is 0 e. The van der Waals surface area contributed by atoms with Crippen LogP contribution < -0.4 is 0 Å². The summed E-state index contributed by atoms with van der Waals surface area (Å²) in [4.78, 5) is 0. The van der Waals surface area contributed by atoms with Crippen molar-refractivity contribution >= 4 is 0 Å². The fourth-order valence-corrected chi connectivity index (χ4v) is 5.98. The van der Waals surface area contributed by atoms with E-state index in [0.29, 0.717) is 10.8 Å². The summed E-state index contributed by atoms with van der Waals surface area (Å²) in [5, 5.41) is 0. The highest BCUT2D eigenvalue weighted by Gasteiger charge is 2.47. The second kappa shape index (κ2) is 7.58. The number of fused-ring (bicyclic) bond motifs is 3. The molecule has 3 unspecified atom stereocenters. The molecule has 3 rings (SSSR count). The zero-order valence-corrected chi connectivity index (χ0v) is 16.5. The normalized spacial score (nSPS) is 42.5. The molecule has 0 bridgehead atoms. The molecule has 0 nitrogen and oxygen atoms in total. The van der Waals surface area contributed by atoms with Crippen molar-refractivity contribution in [3.8, 4) is 0 Å². The zero-order chi connectivity index (χ0) is 17.1. The van der Waals surface area contributed by atoms with Gasteiger partial charge in [-0.15, -0.1) is 6.58 Å². The van der Waals surface area contributed by atoms with Gasteiger partial charge in [-0.3, -0.25) is 0 Å². The first-order valence-electron chi connectivity index (χ1n) is 10.3. The SMILES string of the molecule is C=C[C@@]1(C)CC=C2C(CCC3C2CCC[C@@]3(C)CCC)C1.CC.[HH]. The third-order valence-corrected chi connectivity index (χ3v) is 7.20. The lowest BCUT2D eigenvalue weighted by Crippen LogP contribution is -2.43. The van der Waals surface area contributed by atoms with Crippen molar-refractivity contribution in [2.75, 3.05) is 0 Å². The van der Waals surface area contributed by atoms with Crippen LogP contribution in [0.25, 0.3) is 0 Å². The van der Waals surface area contributed by atoms with Crippen molar-refractivity contribution in [3.63, 3.8) is 0 Å². The van der Waals surface area contributed by atoms with Gasteiger partial charge in [0.05, 0.1) is 0 Å². The molecular formula is C23H42. The molecule has 0 aromatic carbocycles. The van der Waals surface area contributed by atoms with Crippen molar-refractivity contribution in [3.05, 3.63) is 24.3 Å². The average Bonchev–Trinajstić information content (AvgIpc) is 2.56. The molecule has 0 spiro atoms. The molecule has 3 aliphatic rings. The van der Waals surface area contributed by atoms with Crippen LogP contribution in [0.3, 0.4) is 0 Å². The first-order valence-corrected chi connectivity index (χ1v) is 10.3. The molecule has 0 aromatic rings. The minimum atomic E-state index is 0. The molecule has 2 saturated carbocycles. The largest absolute Gasteiger partial charge is 0.103 e. The number of allylic oxidation sites excluding steroid dienone is 3. The van der Waals surface area contributed by atoms with Crippen molar-refractivity contribution < 1.29 is 1.43 Å². The Morgan fingerprint density at radius 2 is 2.00 bits per heavy atom. The van der Waals surface area contributed by atoms with Crippen molar-refractivity contribution in [2.45, 2.75) is 92.4 Å². The average molecular weight is 319 g/mol. The predicted octanol–water partition coefficient (Wildman–Crippen LogP) is 7.80. The second-order valence-electron chi connectivity index (χ2n) is 8.75. The molecule has 5 atom stereocenters. The van der Waals surface area contributed by atoms with Crippen LogP contribution in [-0.2, 0) is 0 Å². The quantitative estimate of drug-likeness (QED) is 0.465. The van der Waals surface area contributed by atoms with Gasteiger partial charge in [0, 0.05) is 1.43 Å². The van der Waals surface area contributed by atoms with E-state index in [-0.39, 0.29) is 1.43 Å². The van der Waals surface area contributed by atoms with E-state index in [1.165, 1.54) is 57.8 Å². The van der Waals surface area contributed by atoms with Crippen LogP contribution in [-0.4, -0.2) is 0 Å².